The SMILES string of the molecule is CN(C(=O)c1cccc(-c2ccoc2)c1)[C@@H]1CCC[C@H]1S(C)(=O)=O. The highest BCUT2D eigenvalue weighted by Crippen LogP contribution is 2.30. The summed E-state index contributed by atoms with van der Waals surface area (Å²) in [5.74, 6) is -0.152. The van der Waals surface area contributed by atoms with E-state index in [0.29, 0.717) is 12.0 Å². The number of rotatable bonds is 4. The average molecular weight is 347 g/mol. The van der Waals surface area contributed by atoms with Crippen LogP contribution in [0.4, 0.5) is 0 Å². The number of hydrogen-bond acceptors (Lipinski definition) is 4. The van der Waals surface area contributed by atoms with Gasteiger partial charge in [0.1, 0.15) is 0 Å². The van der Waals surface area contributed by atoms with Crippen molar-refractivity contribution < 1.29 is 17.6 Å². The van der Waals surface area contributed by atoms with E-state index in [1.807, 2.05) is 24.3 Å². The van der Waals surface area contributed by atoms with Crippen molar-refractivity contribution >= 4 is 15.7 Å². The number of benzene rings is 1. The molecule has 5 nitrogen and oxygen atoms in total. The van der Waals surface area contributed by atoms with Gasteiger partial charge in [-0.05, 0) is 43.0 Å². The second-order valence-electron chi connectivity index (χ2n) is 6.38. The molecule has 0 bridgehead atoms. The fraction of sp³-hybridized carbons (Fsp3) is 0.389. The van der Waals surface area contributed by atoms with Gasteiger partial charge < -0.3 is 9.32 Å². The standard InChI is InChI=1S/C18H21NO4S/c1-19(16-7-4-8-17(16)24(2,21)22)18(20)14-6-3-5-13(11-14)15-9-10-23-12-15/h3,5-6,9-12,16-17H,4,7-8H2,1-2H3/t16-,17-/m1/s1. The summed E-state index contributed by atoms with van der Waals surface area (Å²) >= 11 is 0. The van der Waals surface area contributed by atoms with Gasteiger partial charge in [-0.25, -0.2) is 8.42 Å². The van der Waals surface area contributed by atoms with Crippen molar-refractivity contribution in [3.63, 3.8) is 0 Å². The van der Waals surface area contributed by atoms with Crippen LogP contribution in [0.3, 0.4) is 0 Å². The maximum absolute atomic E-state index is 12.8. The molecule has 1 heterocycles. The lowest BCUT2D eigenvalue weighted by Gasteiger charge is -2.29. The smallest absolute Gasteiger partial charge is 0.253 e. The molecule has 0 aliphatic heterocycles. The summed E-state index contributed by atoms with van der Waals surface area (Å²) in [6, 6.07) is 8.89. The Bertz CT molecular complexity index is 826. The summed E-state index contributed by atoms with van der Waals surface area (Å²) in [4.78, 5) is 14.4. The van der Waals surface area contributed by atoms with Gasteiger partial charge in [-0.15, -0.1) is 0 Å². The van der Waals surface area contributed by atoms with Crippen LogP contribution in [0.1, 0.15) is 29.6 Å². The molecule has 128 valence electrons. The lowest BCUT2D eigenvalue weighted by molar-refractivity contribution is 0.0737. The van der Waals surface area contributed by atoms with E-state index in [1.54, 1.807) is 30.5 Å². The molecular weight excluding hydrogens is 326 g/mol. The summed E-state index contributed by atoms with van der Waals surface area (Å²) in [5.41, 5.74) is 2.35. The molecule has 1 amide bonds. The van der Waals surface area contributed by atoms with Crippen LogP contribution in [0.2, 0.25) is 0 Å². The molecule has 0 saturated heterocycles. The molecule has 6 heteroatoms. The summed E-state index contributed by atoms with van der Waals surface area (Å²) in [6.07, 6.45) is 6.65. The van der Waals surface area contributed by atoms with Crippen molar-refractivity contribution in [2.24, 2.45) is 0 Å². The van der Waals surface area contributed by atoms with Crippen molar-refractivity contribution in [3.8, 4) is 11.1 Å². The van der Waals surface area contributed by atoms with Gasteiger partial charge in [0.2, 0.25) is 0 Å². The first-order chi connectivity index (χ1) is 11.4. The zero-order chi connectivity index (χ0) is 17.3. The van der Waals surface area contributed by atoms with Crippen LogP contribution in [-0.4, -0.2) is 43.8 Å². The molecule has 1 fully saturated rings. The zero-order valence-corrected chi connectivity index (χ0v) is 14.6. The number of furan rings is 1. The number of hydrogen-bond donors (Lipinski definition) is 0. The monoisotopic (exact) mass is 347 g/mol. The minimum absolute atomic E-state index is 0.152. The van der Waals surface area contributed by atoms with E-state index in [1.165, 1.54) is 6.26 Å². The van der Waals surface area contributed by atoms with E-state index in [0.717, 1.165) is 24.0 Å². The lowest BCUT2D eigenvalue weighted by Crippen LogP contribution is -2.44. The number of carbonyl (C=O) groups is 1. The van der Waals surface area contributed by atoms with E-state index in [9.17, 15) is 13.2 Å². The molecule has 0 radical (unpaired) electrons. The van der Waals surface area contributed by atoms with Gasteiger partial charge in [0.15, 0.2) is 9.84 Å². The predicted molar refractivity (Wildman–Crippen MR) is 92.5 cm³/mol. The van der Waals surface area contributed by atoms with Crippen LogP contribution in [0.15, 0.2) is 47.3 Å². The molecule has 1 aromatic heterocycles. The largest absolute Gasteiger partial charge is 0.472 e. The molecule has 0 unspecified atom stereocenters. The maximum Gasteiger partial charge on any atom is 0.253 e. The molecular formula is C18H21NO4S. The van der Waals surface area contributed by atoms with E-state index >= 15 is 0 Å². The number of nitrogens with zero attached hydrogens (tertiary/aromatic N) is 1. The molecule has 3 rings (SSSR count). The first-order valence-electron chi connectivity index (χ1n) is 7.96. The van der Waals surface area contributed by atoms with Crippen LogP contribution in [0, 0.1) is 0 Å². The van der Waals surface area contributed by atoms with E-state index in [4.69, 9.17) is 4.42 Å². The first kappa shape index (κ1) is 16.8. The topological polar surface area (TPSA) is 67.6 Å². The second-order valence-corrected chi connectivity index (χ2v) is 8.64. The predicted octanol–water partition coefficient (Wildman–Crippen LogP) is 2.98. The second kappa shape index (κ2) is 6.43. The highest BCUT2D eigenvalue weighted by molar-refractivity contribution is 7.91. The fourth-order valence-corrected chi connectivity index (χ4v) is 4.95. The highest BCUT2D eigenvalue weighted by Gasteiger charge is 2.38. The normalized spacial score (nSPS) is 20.9. The van der Waals surface area contributed by atoms with Gasteiger partial charge in [0, 0.05) is 30.5 Å². The zero-order valence-electron chi connectivity index (χ0n) is 13.8. The highest BCUT2D eigenvalue weighted by atomic mass is 32.2. The summed E-state index contributed by atoms with van der Waals surface area (Å²) in [5, 5.41) is -0.469. The van der Waals surface area contributed by atoms with Crippen LogP contribution >= 0.6 is 0 Å². The van der Waals surface area contributed by atoms with Crippen LogP contribution in [-0.2, 0) is 9.84 Å². The van der Waals surface area contributed by atoms with Crippen molar-refractivity contribution in [3.05, 3.63) is 48.4 Å². The van der Waals surface area contributed by atoms with Gasteiger partial charge in [-0.2, -0.15) is 0 Å². The van der Waals surface area contributed by atoms with E-state index < -0.39 is 15.1 Å². The van der Waals surface area contributed by atoms with Gasteiger partial charge in [-0.3, -0.25) is 4.79 Å². The van der Waals surface area contributed by atoms with Gasteiger partial charge in [0.05, 0.1) is 17.8 Å². The van der Waals surface area contributed by atoms with Crippen molar-refractivity contribution in [1.29, 1.82) is 0 Å². The Labute approximate surface area is 142 Å². The summed E-state index contributed by atoms with van der Waals surface area (Å²) in [6.45, 7) is 0. The molecule has 0 N–H and O–H groups in total. The lowest BCUT2D eigenvalue weighted by atomic mass is 10.0. The Kier molecular flexibility index (Phi) is 4.49. The Hall–Kier alpha value is -2.08. The summed E-state index contributed by atoms with van der Waals surface area (Å²) in [7, 11) is -1.47. The minimum atomic E-state index is -3.16. The number of amides is 1. The third-order valence-corrected chi connectivity index (χ3v) is 6.40. The van der Waals surface area contributed by atoms with E-state index in [-0.39, 0.29) is 11.9 Å². The molecule has 1 aromatic carbocycles. The molecule has 1 saturated carbocycles. The van der Waals surface area contributed by atoms with Crippen LogP contribution in [0.25, 0.3) is 11.1 Å². The maximum atomic E-state index is 12.8. The summed E-state index contributed by atoms with van der Waals surface area (Å²) < 4.78 is 29.0. The molecule has 0 spiro atoms. The Morgan fingerprint density at radius 1 is 1.21 bits per heavy atom. The van der Waals surface area contributed by atoms with Crippen LogP contribution < -0.4 is 0 Å². The fourth-order valence-electron chi connectivity index (χ4n) is 3.46. The molecule has 1 aliphatic rings. The Morgan fingerprint density at radius 2 is 2.00 bits per heavy atom. The van der Waals surface area contributed by atoms with Crippen molar-refractivity contribution in [2.45, 2.75) is 30.6 Å². The molecule has 1 aliphatic carbocycles. The molecule has 24 heavy (non-hydrogen) atoms. The average Bonchev–Trinajstić information content (AvgIpc) is 3.24. The van der Waals surface area contributed by atoms with Gasteiger partial charge in [-0.1, -0.05) is 12.1 Å². The Morgan fingerprint density at radius 3 is 2.67 bits per heavy atom. The Balaban J connectivity index is 1.85. The quantitative estimate of drug-likeness (QED) is 0.853. The third kappa shape index (κ3) is 3.24. The molecule has 2 atom stereocenters. The van der Waals surface area contributed by atoms with E-state index in [2.05, 4.69) is 0 Å². The number of sulfone groups is 1. The van der Waals surface area contributed by atoms with Crippen molar-refractivity contribution in [1.82, 2.24) is 4.90 Å². The van der Waals surface area contributed by atoms with Crippen LogP contribution in [0.5, 0.6) is 0 Å². The minimum Gasteiger partial charge on any atom is -0.472 e. The third-order valence-electron chi connectivity index (χ3n) is 4.75. The first-order valence-corrected chi connectivity index (χ1v) is 9.92. The van der Waals surface area contributed by atoms with Gasteiger partial charge >= 0.3 is 0 Å². The molecule has 2 aromatic rings. The van der Waals surface area contributed by atoms with Crippen molar-refractivity contribution in [2.75, 3.05) is 13.3 Å². The number of carbonyl (C=O) groups excluding carboxylic acids is 1. The van der Waals surface area contributed by atoms with Gasteiger partial charge in [0.25, 0.3) is 5.91 Å².